The third-order valence-electron chi connectivity index (χ3n) is 1.28. The van der Waals surface area contributed by atoms with Gasteiger partial charge in [0.25, 0.3) is 5.91 Å². The van der Waals surface area contributed by atoms with E-state index in [4.69, 9.17) is 11.6 Å². The molecule has 1 atom stereocenters. The van der Waals surface area contributed by atoms with Gasteiger partial charge >= 0.3 is 0 Å². The molecule has 0 radical (unpaired) electrons. The maximum atomic E-state index is 11.0. The molecule has 0 aromatic heterocycles. The molecule has 0 saturated heterocycles. The molecule has 0 aromatic rings. The summed E-state index contributed by atoms with van der Waals surface area (Å²) in [6.45, 7) is 0. The molecule has 0 aliphatic carbocycles. The number of alkyl halides is 1. The van der Waals surface area contributed by atoms with E-state index in [2.05, 4.69) is 20.3 Å². The molecule has 2 rings (SSSR count). The van der Waals surface area contributed by atoms with Gasteiger partial charge < -0.3 is 5.32 Å². The minimum Gasteiger partial charge on any atom is -0.316 e. The second-order valence-electron chi connectivity index (χ2n) is 1.98. The van der Waals surface area contributed by atoms with E-state index in [-0.39, 0.29) is 11.6 Å². The van der Waals surface area contributed by atoms with Gasteiger partial charge in [-0.1, -0.05) is 11.6 Å². The number of hydrogen-bond acceptors (Lipinski definition) is 4. The van der Waals surface area contributed by atoms with Crippen LogP contribution < -0.4 is 5.32 Å². The summed E-state index contributed by atoms with van der Waals surface area (Å²) in [5.74, 6) is -0.0127. The number of halogens is 1. The number of aliphatic imine (C=N–C) groups is 3. The minimum atomic E-state index is -0.716. The Morgan fingerprint density at radius 3 is 3.27 bits per heavy atom. The zero-order chi connectivity index (χ0) is 7.84. The molecule has 1 amide bonds. The van der Waals surface area contributed by atoms with Crippen molar-refractivity contribution < 1.29 is 4.79 Å². The molecule has 6 heteroatoms. The van der Waals surface area contributed by atoms with Gasteiger partial charge in [0, 0.05) is 0 Å². The van der Waals surface area contributed by atoms with E-state index in [1.165, 1.54) is 6.34 Å². The Kier molecular flexibility index (Phi) is 1.25. The normalized spacial score (nSPS) is 27.4. The molecule has 1 N–H and O–H groups in total. The first-order valence-electron chi connectivity index (χ1n) is 2.91. The van der Waals surface area contributed by atoms with Gasteiger partial charge in [0.1, 0.15) is 6.34 Å². The Hall–Kier alpha value is -1.23. The highest BCUT2D eigenvalue weighted by molar-refractivity contribution is 6.70. The molecule has 2 aliphatic rings. The Balaban J connectivity index is 2.45. The summed E-state index contributed by atoms with van der Waals surface area (Å²) in [7, 11) is 0. The summed E-state index contributed by atoms with van der Waals surface area (Å²) in [6, 6.07) is 0. The van der Waals surface area contributed by atoms with Crippen LogP contribution in [0.15, 0.2) is 15.0 Å². The number of amidine groups is 1. The third kappa shape index (κ3) is 0.932. The number of carbonyl (C=O) groups excluding carboxylic acids is 1. The summed E-state index contributed by atoms with van der Waals surface area (Å²) in [5, 5.41) is 2.38. The standard InChI is InChI=1S/C5H3ClN4O/c6-5-9-3-2(4(11)10-5)7-1-8-3/h1,5H,(H,10,11)/t5-/m1/s1. The number of fused-ring (bicyclic) bond motifs is 1. The van der Waals surface area contributed by atoms with E-state index in [0.29, 0.717) is 5.84 Å². The van der Waals surface area contributed by atoms with Gasteiger partial charge in [-0.2, -0.15) is 0 Å². The zero-order valence-corrected chi connectivity index (χ0v) is 6.04. The Labute approximate surface area is 66.9 Å². The van der Waals surface area contributed by atoms with Gasteiger partial charge in [0.05, 0.1) is 0 Å². The van der Waals surface area contributed by atoms with Gasteiger partial charge in [-0.25, -0.2) is 15.0 Å². The number of nitrogens with one attached hydrogen (secondary N) is 1. The second-order valence-corrected chi connectivity index (χ2v) is 2.40. The van der Waals surface area contributed by atoms with Crippen LogP contribution in [0.1, 0.15) is 0 Å². The van der Waals surface area contributed by atoms with Crippen LogP contribution >= 0.6 is 11.6 Å². The Morgan fingerprint density at radius 2 is 2.45 bits per heavy atom. The second kappa shape index (κ2) is 2.13. The molecule has 0 saturated carbocycles. The van der Waals surface area contributed by atoms with E-state index in [0.717, 1.165) is 0 Å². The largest absolute Gasteiger partial charge is 0.316 e. The van der Waals surface area contributed by atoms with Crippen LogP contribution in [-0.4, -0.2) is 29.4 Å². The van der Waals surface area contributed by atoms with Crippen LogP contribution in [0.3, 0.4) is 0 Å². The summed E-state index contributed by atoms with van der Waals surface area (Å²) >= 11 is 5.53. The molecular weight excluding hydrogens is 168 g/mol. The first-order valence-corrected chi connectivity index (χ1v) is 3.34. The lowest BCUT2D eigenvalue weighted by molar-refractivity contribution is -0.114. The zero-order valence-electron chi connectivity index (χ0n) is 5.28. The first-order chi connectivity index (χ1) is 5.27. The lowest BCUT2D eigenvalue weighted by Crippen LogP contribution is -2.43. The van der Waals surface area contributed by atoms with Gasteiger partial charge in [-0.3, -0.25) is 4.79 Å². The summed E-state index contributed by atoms with van der Waals surface area (Å²) in [6.07, 6.45) is 1.28. The van der Waals surface area contributed by atoms with E-state index >= 15 is 0 Å². The topological polar surface area (TPSA) is 66.2 Å². The smallest absolute Gasteiger partial charge is 0.276 e. The van der Waals surface area contributed by atoms with Crippen molar-refractivity contribution in [1.82, 2.24) is 5.32 Å². The minimum absolute atomic E-state index is 0.238. The maximum absolute atomic E-state index is 11.0. The molecule has 5 nitrogen and oxygen atoms in total. The molecule has 0 fully saturated rings. The van der Waals surface area contributed by atoms with Gasteiger partial charge in [-0.05, 0) is 0 Å². The van der Waals surface area contributed by atoms with Crippen LogP contribution in [-0.2, 0) is 4.79 Å². The number of nitrogens with zero attached hydrogens (tertiary/aromatic N) is 3. The van der Waals surface area contributed by atoms with Gasteiger partial charge in [-0.15, -0.1) is 0 Å². The van der Waals surface area contributed by atoms with Crippen molar-refractivity contribution in [2.45, 2.75) is 5.62 Å². The van der Waals surface area contributed by atoms with Crippen molar-refractivity contribution in [3.05, 3.63) is 0 Å². The number of rotatable bonds is 0. The SMILES string of the molecule is O=C1N[C@H](Cl)N=C2N=CN=C12. The first kappa shape index (κ1) is 6.48. The van der Waals surface area contributed by atoms with Crippen LogP contribution in [0.2, 0.25) is 0 Å². The fraction of sp³-hybridized carbons (Fsp3) is 0.200. The monoisotopic (exact) mass is 170 g/mol. The van der Waals surface area contributed by atoms with Crippen molar-refractivity contribution in [1.29, 1.82) is 0 Å². The molecule has 56 valence electrons. The summed E-state index contributed by atoms with van der Waals surface area (Å²) in [5.41, 5.74) is -0.478. The average molecular weight is 171 g/mol. The Morgan fingerprint density at radius 1 is 1.64 bits per heavy atom. The lowest BCUT2D eigenvalue weighted by atomic mass is 10.3. The fourth-order valence-electron chi connectivity index (χ4n) is 0.831. The Bertz CT molecular complexity index is 306. The van der Waals surface area contributed by atoms with Crippen molar-refractivity contribution in [3.63, 3.8) is 0 Å². The molecule has 0 bridgehead atoms. The molecule has 11 heavy (non-hydrogen) atoms. The van der Waals surface area contributed by atoms with Crippen LogP contribution in [0.25, 0.3) is 0 Å². The third-order valence-corrected chi connectivity index (χ3v) is 1.49. The lowest BCUT2D eigenvalue weighted by Gasteiger charge is -2.12. The van der Waals surface area contributed by atoms with E-state index in [1.54, 1.807) is 0 Å². The fourth-order valence-corrected chi connectivity index (χ4v) is 1.02. The van der Waals surface area contributed by atoms with Gasteiger partial charge in [0.2, 0.25) is 0 Å². The van der Waals surface area contributed by atoms with Crippen LogP contribution in [0, 0.1) is 0 Å². The van der Waals surface area contributed by atoms with Crippen molar-refractivity contribution in [2.24, 2.45) is 15.0 Å². The molecule has 2 aliphatic heterocycles. The molecule has 0 spiro atoms. The number of amides is 1. The van der Waals surface area contributed by atoms with Crippen molar-refractivity contribution in [2.75, 3.05) is 0 Å². The van der Waals surface area contributed by atoms with Crippen molar-refractivity contribution in [3.8, 4) is 0 Å². The quantitative estimate of drug-likeness (QED) is 0.387. The average Bonchev–Trinajstić information content (AvgIpc) is 2.34. The van der Waals surface area contributed by atoms with Crippen LogP contribution in [0.4, 0.5) is 0 Å². The number of hydrogen-bond donors (Lipinski definition) is 1. The summed E-state index contributed by atoms with van der Waals surface area (Å²) in [4.78, 5) is 22.2. The molecule has 2 heterocycles. The maximum Gasteiger partial charge on any atom is 0.276 e. The van der Waals surface area contributed by atoms with Crippen molar-refractivity contribution >= 4 is 35.4 Å². The highest BCUT2D eigenvalue weighted by Crippen LogP contribution is 2.06. The van der Waals surface area contributed by atoms with E-state index < -0.39 is 5.62 Å². The summed E-state index contributed by atoms with van der Waals surface area (Å²) < 4.78 is 0. The molecular formula is C5H3ClN4O. The van der Waals surface area contributed by atoms with Gasteiger partial charge in [0.15, 0.2) is 17.2 Å². The molecule has 0 unspecified atom stereocenters. The predicted molar refractivity (Wildman–Crippen MR) is 41.1 cm³/mol. The molecule has 0 aromatic carbocycles. The highest BCUT2D eigenvalue weighted by atomic mass is 35.5. The predicted octanol–water partition coefficient (Wildman–Crippen LogP) is -0.480. The number of carbonyl (C=O) groups is 1. The highest BCUT2D eigenvalue weighted by Gasteiger charge is 2.27. The van der Waals surface area contributed by atoms with Crippen LogP contribution in [0.5, 0.6) is 0 Å². The van der Waals surface area contributed by atoms with E-state index in [1.807, 2.05) is 0 Å². The van der Waals surface area contributed by atoms with E-state index in [9.17, 15) is 4.79 Å².